The van der Waals surface area contributed by atoms with Crippen molar-refractivity contribution in [1.29, 1.82) is 0 Å². The molecule has 3 atom stereocenters. The Labute approximate surface area is 224 Å². The molecular formula is C29H26N2O6S. The van der Waals surface area contributed by atoms with Crippen LogP contribution in [0.25, 0.3) is 17.4 Å². The molecule has 9 heteroatoms. The molecule has 3 aliphatic rings. The number of furan rings is 1. The number of ether oxygens (including phenoxy) is 3. The topological polar surface area (TPSA) is 90.6 Å². The summed E-state index contributed by atoms with van der Waals surface area (Å²) in [6, 6.07) is 16.7. The summed E-state index contributed by atoms with van der Waals surface area (Å²) in [4.78, 5) is 33.8. The molecule has 38 heavy (non-hydrogen) atoms. The van der Waals surface area contributed by atoms with Crippen LogP contribution in [0.5, 0.6) is 11.5 Å². The van der Waals surface area contributed by atoms with Gasteiger partial charge in [0.15, 0.2) is 17.0 Å². The number of thioether (sulfide) groups is 1. The van der Waals surface area contributed by atoms with Gasteiger partial charge in [-0.3, -0.25) is 19.5 Å². The molecule has 4 heterocycles. The van der Waals surface area contributed by atoms with Gasteiger partial charge in [-0.15, -0.1) is 0 Å². The quantitative estimate of drug-likeness (QED) is 0.314. The van der Waals surface area contributed by atoms with E-state index in [0.29, 0.717) is 27.9 Å². The smallest absolute Gasteiger partial charge is 0.317 e. The van der Waals surface area contributed by atoms with Gasteiger partial charge in [0, 0.05) is 17.4 Å². The summed E-state index contributed by atoms with van der Waals surface area (Å²) in [6.07, 6.45) is 1.74. The number of esters is 1. The minimum absolute atomic E-state index is 0.132. The van der Waals surface area contributed by atoms with Crippen LogP contribution >= 0.6 is 11.8 Å². The minimum Gasteiger partial charge on any atom is -0.465 e. The van der Waals surface area contributed by atoms with E-state index in [1.807, 2.05) is 56.3 Å². The van der Waals surface area contributed by atoms with Crippen molar-refractivity contribution in [2.75, 3.05) is 13.4 Å². The van der Waals surface area contributed by atoms with Gasteiger partial charge in [0.05, 0.1) is 17.6 Å². The van der Waals surface area contributed by atoms with Crippen molar-refractivity contribution in [2.24, 2.45) is 10.9 Å². The summed E-state index contributed by atoms with van der Waals surface area (Å²) in [5.74, 6) is 1.12. The fraction of sp³-hybridized carbons (Fsp3) is 0.276. The average Bonchev–Trinajstić information content (AvgIpc) is 3.63. The number of rotatable bonds is 5. The van der Waals surface area contributed by atoms with Crippen molar-refractivity contribution in [3.63, 3.8) is 0 Å². The molecule has 1 aromatic heterocycles. The van der Waals surface area contributed by atoms with E-state index in [1.165, 1.54) is 11.8 Å². The molecule has 3 aliphatic heterocycles. The van der Waals surface area contributed by atoms with E-state index in [-0.39, 0.29) is 19.3 Å². The first-order valence-electron chi connectivity index (χ1n) is 12.4. The monoisotopic (exact) mass is 530 g/mol. The Morgan fingerprint density at radius 1 is 1.13 bits per heavy atom. The van der Waals surface area contributed by atoms with Crippen LogP contribution in [0.15, 0.2) is 68.9 Å². The van der Waals surface area contributed by atoms with Crippen LogP contribution in [0.4, 0.5) is 0 Å². The molecule has 0 N–H and O–H groups in total. The molecule has 1 fully saturated rings. The lowest BCUT2D eigenvalue weighted by atomic mass is 9.86. The zero-order valence-electron chi connectivity index (χ0n) is 21.2. The van der Waals surface area contributed by atoms with Crippen molar-refractivity contribution in [1.82, 2.24) is 4.90 Å². The van der Waals surface area contributed by atoms with Crippen LogP contribution in [0.1, 0.15) is 36.8 Å². The normalized spacial score (nSPS) is 23.0. The summed E-state index contributed by atoms with van der Waals surface area (Å²) in [6.45, 7) is 5.97. The van der Waals surface area contributed by atoms with Gasteiger partial charge in [-0.1, -0.05) is 41.6 Å². The molecular weight excluding hydrogens is 504 g/mol. The Morgan fingerprint density at radius 3 is 2.79 bits per heavy atom. The first-order valence-corrected chi connectivity index (χ1v) is 13.3. The third-order valence-corrected chi connectivity index (χ3v) is 7.87. The van der Waals surface area contributed by atoms with E-state index in [1.54, 1.807) is 24.0 Å². The highest BCUT2D eigenvalue weighted by molar-refractivity contribution is 8.05. The van der Waals surface area contributed by atoms with Crippen molar-refractivity contribution < 1.29 is 28.2 Å². The number of nitrogens with zero attached hydrogens (tertiary/aromatic N) is 2. The van der Waals surface area contributed by atoms with E-state index < -0.39 is 23.4 Å². The zero-order chi connectivity index (χ0) is 26.4. The van der Waals surface area contributed by atoms with Crippen LogP contribution in [0.2, 0.25) is 0 Å². The number of amides is 1. The molecule has 2 aromatic carbocycles. The van der Waals surface area contributed by atoms with E-state index in [4.69, 9.17) is 23.6 Å². The molecule has 3 aromatic rings. The van der Waals surface area contributed by atoms with Crippen LogP contribution < -0.4 is 9.47 Å². The predicted octanol–water partition coefficient (Wildman–Crippen LogP) is 5.58. The van der Waals surface area contributed by atoms with Crippen LogP contribution in [0, 0.1) is 12.8 Å². The fourth-order valence-corrected chi connectivity index (χ4v) is 6.21. The molecule has 1 amide bonds. The molecule has 0 bridgehead atoms. The Kier molecular flexibility index (Phi) is 6.23. The minimum atomic E-state index is -0.744. The van der Waals surface area contributed by atoms with Gasteiger partial charge in [0.1, 0.15) is 17.4 Å². The lowest BCUT2D eigenvalue weighted by Crippen LogP contribution is -2.48. The summed E-state index contributed by atoms with van der Waals surface area (Å²) >= 11 is 1.34. The maximum absolute atomic E-state index is 13.8. The van der Waals surface area contributed by atoms with E-state index in [0.717, 1.165) is 22.5 Å². The van der Waals surface area contributed by atoms with Gasteiger partial charge in [-0.2, -0.15) is 0 Å². The maximum atomic E-state index is 13.8. The van der Waals surface area contributed by atoms with Gasteiger partial charge in [0.25, 0.3) is 5.91 Å². The Morgan fingerprint density at radius 2 is 1.97 bits per heavy atom. The number of fused-ring (bicyclic) bond motifs is 2. The maximum Gasteiger partial charge on any atom is 0.317 e. The second-order valence-electron chi connectivity index (χ2n) is 9.29. The molecule has 0 spiro atoms. The van der Waals surface area contributed by atoms with E-state index in [9.17, 15) is 9.59 Å². The van der Waals surface area contributed by atoms with Crippen molar-refractivity contribution in [3.05, 3.63) is 76.4 Å². The molecule has 194 valence electrons. The molecule has 6 rings (SSSR count). The van der Waals surface area contributed by atoms with E-state index >= 15 is 0 Å². The van der Waals surface area contributed by atoms with Crippen LogP contribution in [0.3, 0.4) is 0 Å². The first kappa shape index (κ1) is 24.4. The van der Waals surface area contributed by atoms with Gasteiger partial charge < -0.3 is 18.6 Å². The highest BCUT2D eigenvalue weighted by Crippen LogP contribution is 2.49. The van der Waals surface area contributed by atoms with Crippen LogP contribution in [-0.4, -0.2) is 41.4 Å². The lowest BCUT2D eigenvalue weighted by Gasteiger charge is -2.39. The van der Waals surface area contributed by atoms with Gasteiger partial charge in [-0.05, 0) is 56.7 Å². The second kappa shape index (κ2) is 9.72. The fourth-order valence-electron chi connectivity index (χ4n) is 5.03. The lowest BCUT2D eigenvalue weighted by molar-refractivity contribution is -0.149. The number of hydrogen-bond donors (Lipinski definition) is 0. The highest BCUT2D eigenvalue weighted by Gasteiger charge is 2.50. The predicted molar refractivity (Wildman–Crippen MR) is 144 cm³/mol. The van der Waals surface area contributed by atoms with Gasteiger partial charge in [0.2, 0.25) is 6.79 Å². The Balaban J connectivity index is 1.36. The molecule has 0 aliphatic carbocycles. The van der Waals surface area contributed by atoms with Gasteiger partial charge in [-0.25, -0.2) is 0 Å². The number of carbonyl (C=O) groups excluding carboxylic acids is 2. The standard InChI is InChI=1S/C29H26N2O6S/c1-4-34-28(33)25-17(3)30-29-31(26(25)19-8-10-22-23(13-19)36-15-35-22)27(32)24(38-29)14-20-9-11-21(37-20)18-7-5-6-16(2)12-18/h5-14,25-26,29H,4,15H2,1-3H3/b24-14-. The largest absolute Gasteiger partial charge is 0.465 e. The SMILES string of the molecule is CCOC(=O)C1C(C)=NC2S/C(=C\c3ccc(-c4cccc(C)c4)o3)C(=O)N2C1c1ccc2c(c1)OCO2. The second-order valence-corrected chi connectivity index (χ2v) is 10.4. The third-order valence-electron chi connectivity index (χ3n) is 6.78. The summed E-state index contributed by atoms with van der Waals surface area (Å²) in [7, 11) is 0. The number of benzene rings is 2. The number of hydrogen-bond acceptors (Lipinski definition) is 8. The molecule has 8 nitrogen and oxygen atoms in total. The molecule has 0 radical (unpaired) electrons. The first-order chi connectivity index (χ1) is 18.4. The number of aliphatic imine (C=N–C) groups is 1. The van der Waals surface area contributed by atoms with Gasteiger partial charge >= 0.3 is 5.97 Å². The molecule has 3 unspecified atom stereocenters. The van der Waals surface area contributed by atoms with Crippen molar-refractivity contribution in [3.8, 4) is 22.8 Å². The van der Waals surface area contributed by atoms with Crippen molar-refractivity contribution in [2.45, 2.75) is 32.3 Å². The molecule has 0 saturated carbocycles. The number of aryl methyl sites for hydroxylation is 1. The Hall–Kier alpha value is -3.98. The van der Waals surface area contributed by atoms with Crippen molar-refractivity contribution >= 4 is 35.4 Å². The third kappa shape index (κ3) is 4.26. The highest BCUT2D eigenvalue weighted by atomic mass is 32.2. The average molecular weight is 531 g/mol. The zero-order valence-corrected chi connectivity index (χ0v) is 22.0. The number of carbonyl (C=O) groups is 2. The van der Waals surface area contributed by atoms with E-state index in [2.05, 4.69) is 6.07 Å². The summed E-state index contributed by atoms with van der Waals surface area (Å²) < 4.78 is 22.5. The summed E-state index contributed by atoms with van der Waals surface area (Å²) in [5.41, 5.74) is 2.96. The van der Waals surface area contributed by atoms with Crippen LogP contribution in [-0.2, 0) is 14.3 Å². The molecule has 1 saturated heterocycles. The Bertz CT molecular complexity index is 1490. The summed E-state index contributed by atoms with van der Waals surface area (Å²) in [5, 5.41) is 0.